The van der Waals surface area contributed by atoms with Crippen LogP contribution in [0, 0.1) is 0 Å². The fraction of sp³-hybridized carbons (Fsp3) is 0.240. The molecular weight excluding hydrogens is 430 g/mol. The van der Waals surface area contributed by atoms with E-state index in [1.807, 2.05) is 48.7 Å². The summed E-state index contributed by atoms with van der Waals surface area (Å²) in [7, 11) is 3.33. The average molecular weight is 456 g/mol. The molecule has 0 fully saturated rings. The van der Waals surface area contributed by atoms with E-state index in [0.29, 0.717) is 13.3 Å². The van der Waals surface area contributed by atoms with E-state index in [0.717, 1.165) is 52.1 Å². The summed E-state index contributed by atoms with van der Waals surface area (Å²) >= 11 is 0. The van der Waals surface area contributed by atoms with E-state index in [2.05, 4.69) is 36.8 Å². The smallest absolute Gasteiger partial charge is 0.216 e. The SMILES string of the molecule is COc1ccc([C@@H]2NC3=NCN(Cc4cccnc4)CN3c3nc4ccccc4n32)c(OC)c1. The van der Waals surface area contributed by atoms with Gasteiger partial charge in [0.2, 0.25) is 11.9 Å². The van der Waals surface area contributed by atoms with Crippen LogP contribution in [-0.2, 0) is 6.54 Å². The first-order valence-electron chi connectivity index (χ1n) is 11.1. The lowest BCUT2D eigenvalue weighted by molar-refractivity contribution is 0.263. The quantitative estimate of drug-likeness (QED) is 0.495. The molecule has 172 valence electrons. The molecule has 2 aliphatic rings. The molecule has 2 aromatic heterocycles. The summed E-state index contributed by atoms with van der Waals surface area (Å²) in [5.41, 5.74) is 4.10. The summed E-state index contributed by atoms with van der Waals surface area (Å²) < 4.78 is 13.4. The van der Waals surface area contributed by atoms with Crippen molar-refractivity contribution in [2.75, 3.05) is 32.5 Å². The van der Waals surface area contributed by atoms with Crippen molar-refractivity contribution in [2.45, 2.75) is 12.7 Å². The lowest BCUT2D eigenvalue weighted by Crippen LogP contribution is -2.57. The number of rotatable bonds is 5. The van der Waals surface area contributed by atoms with Crippen molar-refractivity contribution in [3.8, 4) is 11.5 Å². The number of methoxy groups -OCH3 is 2. The number of aromatic nitrogens is 3. The number of nitrogens with one attached hydrogen (secondary N) is 1. The number of hydrogen-bond donors (Lipinski definition) is 1. The van der Waals surface area contributed by atoms with Crippen molar-refractivity contribution in [2.24, 2.45) is 4.99 Å². The highest BCUT2D eigenvalue weighted by atomic mass is 16.5. The first kappa shape index (κ1) is 20.5. The van der Waals surface area contributed by atoms with Crippen LogP contribution in [0.3, 0.4) is 0 Å². The topological polar surface area (TPSA) is 80.0 Å². The molecule has 34 heavy (non-hydrogen) atoms. The van der Waals surface area contributed by atoms with E-state index in [9.17, 15) is 0 Å². The van der Waals surface area contributed by atoms with Gasteiger partial charge in [0.05, 0.1) is 38.6 Å². The van der Waals surface area contributed by atoms with Gasteiger partial charge in [-0.1, -0.05) is 18.2 Å². The zero-order valence-corrected chi connectivity index (χ0v) is 19.0. The Bertz CT molecular complexity index is 1370. The summed E-state index contributed by atoms with van der Waals surface area (Å²) in [6.07, 6.45) is 3.46. The van der Waals surface area contributed by atoms with Crippen LogP contribution >= 0.6 is 0 Å². The van der Waals surface area contributed by atoms with Crippen molar-refractivity contribution in [1.82, 2.24) is 24.8 Å². The highest BCUT2D eigenvalue weighted by Crippen LogP contribution is 2.38. The van der Waals surface area contributed by atoms with Crippen LogP contribution in [0.4, 0.5) is 5.95 Å². The standard InChI is InChI=1S/C25H25N7O2/c1-33-18-9-10-19(22(12-18)34-2)23-29-24-27-15-30(14-17-6-5-11-26-13-17)16-31(24)25-28-20-7-3-4-8-21(20)32(23)25/h3-13,23H,14-16H2,1-2H3,(H,27,29)/t23-/m1/s1. The summed E-state index contributed by atoms with van der Waals surface area (Å²) in [6.45, 7) is 2.01. The normalized spacial score (nSPS) is 17.5. The van der Waals surface area contributed by atoms with Gasteiger partial charge in [0.25, 0.3) is 0 Å². The van der Waals surface area contributed by atoms with Crippen LogP contribution in [0.5, 0.6) is 11.5 Å². The Morgan fingerprint density at radius 2 is 1.97 bits per heavy atom. The maximum Gasteiger partial charge on any atom is 0.216 e. The number of imidazole rings is 1. The number of hydrogen-bond acceptors (Lipinski definition) is 8. The van der Waals surface area contributed by atoms with E-state index in [1.54, 1.807) is 20.4 Å². The molecule has 9 heteroatoms. The van der Waals surface area contributed by atoms with Crippen molar-refractivity contribution >= 4 is 22.9 Å². The van der Waals surface area contributed by atoms with Gasteiger partial charge in [0.1, 0.15) is 17.7 Å². The van der Waals surface area contributed by atoms with Crippen molar-refractivity contribution in [3.63, 3.8) is 0 Å². The van der Waals surface area contributed by atoms with Crippen molar-refractivity contribution in [3.05, 3.63) is 78.1 Å². The van der Waals surface area contributed by atoms with Gasteiger partial charge in [0, 0.05) is 30.6 Å². The molecule has 0 radical (unpaired) electrons. The Morgan fingerprint density at radius 1 is 1.06 bits per heavy atom. The highest BCUT2D eigenvalue weighted by molar-refractivity contribution is 5.99. The molecule has 0 unspecified atom stereocenters. The van der Waals surface area contributed by atoms with Gasteiger partial charge >= 0.3 is 0 Å². The first-order chi connectivity index (χ1) is 16.7. The fourth-order valence-corrected chi connectivity index (χ4v) is 4.62. The van der Waals surface area contributed by atoms with Gasteiger partial charge in [-0.05, 0) is 35.9 Å². The van der Waals surface area contributed by atoms with Crippen LogP contribution in [0.1, 0.15) is 17.3 Å². The maximum absolute atomic E-state index is 5.74. The molecule has 4 heterocycles. The summed E-state index contributed by atoms with van der Waals surface area (Å²) in [6, 6.07) is 18.1. The number of guanidine groups is 1. The van der Waals surface area contributed by atoms with Gasteiger partial charge in [0.15, 0.2) is 0 Å². The highest BCUT2D eigenvalue weighted by Gasteiger charge is 2.36. The Labute approximate surface area is 197 Å². The maximum atomic E-state index is 5.74. The summed E-state index contributed by atoms with van der Waals surface area (Å²) in [5.74, 6) is 3.13. The van der Waals surface area contributed by atoms with E-state index in [1.165, 1.54) is 0 Å². The second-order valence-corrected chi connectivity index (χ2v) is 8.31. The molecule has 0 amide bonds. The van der Waals surface area contributed by atoms with Crippen LogP contribution in [0.15, 0.2) is 72.0 Å². The van der Waals surface area contributed by atoms with Crippen molar-refractivity contribution in [1.29, 1.82) is 0 Å². The molecule has 2 aliphatic heterocycles. The van der Waals surface area contributed by atoms with Crippen molar-refractivity contribution < 1.29 is 9.47 Å². The zero-order chi connectivity index (χ0) is 23.1. The fourth-order valence-electron chi connectivity index (χ4n) is 4.62. The summed E-state index contributed by atoms with van der Waals surface area (Å²) in [4.78, 5) is 18.5. The number of aliphatic imine (C=N–C) groups is 1. The summed E-state index contributed by atoms with van der Waals surface area (Å²) in [5, 5.41) is 3.64. The molecule has 0 aliphatic carbocycles. The number of fused-ring (bicyclic) bond motifs is 5. The molecule has 0 spiro atoms. The van der Waals surface area contributed by atoms with E-state index in [-0.39, 0.29) is 6.17 Å². The third-order valence-corrected chi connectivity index (χ3v) is 6.22. The third kappa shape index (κ3) is 3.41. The second kappa shape index (κ2) is 8.35. The lowest BCUT2D eigenvalue weighted by Gasteiger charge is -2.41. The van der Waals surface area contributed by atoms with E-state index < -0.39 is 0 Å². The Kier molecular flexibility index (Phi) is 5.03. The zero-order valence-electron chi connectivity index (χ0n) is 19.0. The predicted octanol–water partition coefficient (Wildman–Crippen LogP) is 3.19. The number of benzene rings is 2. The molecule has 9 nitrogen and oxygen atoms in total. The predicted molar refractivity (Wildman–Crippen MR) is 130 cm³/mol. The van der Waals surface area contributed by atoms with Gasteiger partial charge in [-0.2, -0.15) is 0 Å². The number of pyridine rings is 1. The van der Waals surface area contributed by atoms with Gasteiger partial charge in [-0.25, -0.2) is 9.98 Å². The molecule has 0 bridgehead atoms. The minimum Gasteiger partial charge on any atom is -0.497 e. The minimum atomic E-state index is -0.233. The number of anilines is 1. The van der Waals surface area contributed by atoms with Crippen LogP contribution in [-0.4, -0.2) is 53.0 Å². The third-order valence-electron chi connectivity index (χ3n) is 6.22. The molecule has 2 aromatic carbocycles. The molecule has 0 saturated carbocycles. The Balaban J connectivity index is 1.44. The second-order valence-electron chi connectivity index (χ2n) is 8.31. The number of para-hydroxylation sites is 2. The molecule has 6 rings (SSSR count). The Hall–Kier alpha value is -4.11. The first-order valence-corrected chi connectivity index (χ1v) is 11.1. The molecule has 0 saturated heterocycles. The van der Waals surface area contributed by atoms with Crippen LogP contribution < -0.4 is 19.7 Å². The van der Waals surface area contributed by atoms with Crippen LogP contribution in [0.25, 0.3) is 11.0 Å². The van der Waals surface area contributed by atoms with Gasteiger partial charge in [-0.3, -0.25) is 19.4 Å². The molecule has 1 N–H and O–H groups in total. The van der Waals surface area contributed by atoms with Gasteiger partial charge < -0.3 is 14.8 Å². The van der Waals surface area contributed by atoms with E-state index in [4.69, 9.17) is 19.5 Å². The number of ether oxygens (including phenoxy) is 2. The minimum absolute atomic E-state index is 0.233. The lowest BCUT2D eigenvalue weighted by atomic mass is 10.1. The van der Waals surface area contributed by atoms with Gasteiger partial charge in [-0.15, -0.1) is 0 Å². The monoisotopic (exact) mass is 455 g/mol. The Morgan fingerprint density at radius 3 is 2.79 bits per heavy atom. The average Bonchev–Trinajstić information content (AvgIpc) is 3.29. The molecule has 1 atom stereocenters. The molecule has 4 aromatic rings. The largest absolute Gasteiger partial charge is 0.497 e. The van der Waals surface area contributed by atoms with Crippen LogP contribution in [0.2, 0.25) is 0 Å². The van der Waals surface area contributed by atoms with E-state index >= 15 is 0 Å². The number of nitrogens with zero attached hydrogens (tertiary/aromatic N) is 6. The molecular formula is C25H25N7O2.